The maximum Gasteiger partial charge on any atom is 0.309 e. The van der Waals surface area contributed by atoms with Gasteiger partial charge in [-0.05, 0) is 98.2 Å². The summed E-state index contributed by atoms with van der Waals surface area (Å²) >= 11 is 0. The van der Waals surface area contributed by atoms with E-state index in [1.165, 1.54) is 6.92 Å². The largest absolute Gasteiger partial charge is 0.481 e. The summed E-state index contributed by atoms with van der Waals surface area (Å²) in [6.07, 6.45) is -35.7. The lowest BCUT2D eigenvalue weighted by Crippen LogP contribution is -2.68. The summed E-state index contributed by atoms with van der Waals surface area (Å²) in [6.45, 7) is 7.28. The monoisotopic (exact) mass is 1210 g/mol. The average molecular weight is 1210 g/mol. The predicted octanol–water partition coefficient (Wildman–Crippen LogP) is -4.16. The minimum atomic E-state index is -2.10. The fourth-order valence-corrected chi connectivity index (χ4v) is 17.0. The maximum absolute atomic E-state index is 13.9. The van der Waals surface area contributed by atoms with E-state index in [-0.39, 0.29) is 54.0 Å². The molecule has 0 bridgehead atoms. The van der Waals surface area contributed by atoms with E-state index < -0.39 is 209 Å². The molecule has 10 aliphatic rings. The van der Waals surface area contributed by atoms with E-state index in [1.54, 1.807) is 0 Å². The Morgan fingerprint density at radius 1 is 0.583 bits per heavy atom. The highest BCUT2D eigenvalue weighted by Gasteiger charge is 2.71. The number of esters is 1. The summed E-state index contributed by atoms with van der Waals surface area (Å²) < 4.78 is 67.5. The zero-order chi connectivity index (χ0) is 60.9. The highest BCUT2D eigenvalue weighted by Crippen LogP contribution is 2.71. The summed E-state index contributed by atoms with van der Waals surface area (Å²) in [4.78, 5) is 25.6. The van der Waals surface area contributed by atoms with E-state index in [2.05, 4.69) is 27.7 Å². The van der Waals surface area contributed by atoms with Crippen molar-refractivity contribution >= 4 is 11.9 Å². The van der Waals surface area contributed by atoms with Crippen molar-refractivity contribution in [3.63, 3.8) is 0 Å². The van der Waals surface area contributed by atoms with E-state index in [1.807, 2.05) is 0 Å². The number of hydrogen-bond donors (Lipinski definition) is 15. The number of aliphatic hydroxyl groups is 14. The molecule has 34 atom stereocenters. The molecular weight excluding hydrogens is 1120 g/mol. The highest BCUT2D eigenvalue weighted by atomic mass is 16.8. The Labute approximate surface area is 485 Å². The molecule has 10 rings (SSSR count). The van der Waals surface area contributed by atoms with Crippen molar-refractivity contribution in [2.24, 2.45) is 52.3 Å². The third-order valence-electron chi connectivity index (χ3n) is 21.4. The first kappa shape index (κ1) is 64.9. The van der Waals surface area contributed by atoms with Crippen LogP contribution in [0.2, 0.25) is 0 Å². The first-order chi connectivity index (χ1) is 39.6. The lowest BCUT2D eigenvalue weighted by atomic mass is 9.43. The van der Waals surface area contributed by atoms with Gasteiger partial charge in [-0.25, -0.2) is 0 Å². The van der Waals surface area contributed by atoms with Crippen molar-refractivity contribution in [3.8, 4) is 0 Å². The Hall–Kier alpha value is -2.02. The van der Waals surface area contributed by atoms with Gasteiger partial charge in [0.2, 0.25) is 0 Å². The smallest absolute Gasteiger partial charge is 0.309 e. The molecule has 6 aliphatic heterocycles. The van der Waals surface area contributed by atoms with Crippen molar-refractivity contribution in [1.29, 1.82) is 0 Å². The van der Waals surface area contributed by atoms with Crippen LogP contribution in [-0.4, -0.2) is 274 Å². The molecule has 15 N–H and O–H groups in total. The van der Waals surface area contributed by atoms with Crippen LogP contribution < -0.4 is 0 Å². The number of hydrogen-bond acceptors (Lipinski definition) is 27. The zero-order valence-corrected chi connectivity index (χ0v) is 47.9. The molecule has 84 heavy (non-hydrogen) atoms. The van der Waals surface area contributed by atoms with Crippen LogP contribution in [0.3, 0.4) is 0 Å². The number of fused-ring (bicyclic) bond motifs is 7. The Balaban J connectivity index is 0.896. The molecule has 0 amide bonds. The van der Waals surface area contributed by atoms with Gasteiger partial charge in [0.1, 0.15) is 97.7 Å². The summed E-state index contributed by atoms with van der Waals surface area (Å²) in [6, 6.07) is 0. The average Bonchev–Trinajstić information content (AvgIpc) is 1.47. The number of ether oxygens (including phenoxy) is 11. The second kappa shape index (κ2) is 25.0. The highest BCUT2D eigenvalue weighted by molar-refractivity contribution is 5.74. The van der Waals surface area contributed by atoms with Gasteiger partial charge in [0.05, 0.1) is 69.8 Å². The van der Waals surface area contributed by atoms with Crippen molar-refractivity contribution in [3.05, 3.63) is 0 Å². The van der Waals surface area contributed by atoms with Crippen LogP contribution in [-0.2, 0) is 61.7 Å². The molecule has 6 heterocycles. The predicted molar refractivity (Wildman–Crippen MR) is 276 cm³/mol. The van der Waals surface area contributed by atoms with Crippen molar-refractivity contribution in [2.45, 2.75) is 251 Å². The molecule has 482 valence electrons. The second-order valence-electron chi connectivity index (χ2n) is 26.9. The zero-order valence-electron chi connectivity index (χ0n) is 47.9. The van der Waals surface area contributed by atoms with Gasteiger partial charge in [0.15, 0.2) is 30.9 Å². The minimum Gasteiger partial charge on any atom is -0.481 e. The summed E-state index contributed by atoms with van der Waals surface area (Å²) in [5.74, 6) is -2.31. The SMILES string of the molecule is C[C@@H]1CC[C@@]2(OC1)O[C@H]1C[C@H]3[C@@H]4C[C@@H](O)[C@H]5C[C@@H](O[C@@H]6O[C@H](CO)[C@H](O[C@@H]7O[C@H](CO)[C@@H](O)[C@H](O[C@@H]8OC[C@@H](O)[C@H](O)[C@H]8O)[C@H]7O[C@@H]7O[C@H](CO)[C@@H](O)[C@H](O)[C@H]7O)[C@H](O)[C@H]6O)[C@H](OC(=O)C[C@@](C)(O)CC(=O)O)C[C@]5(C)[C@H]4CC[C@]3(C)[C@H]1[C@@H]2C. The Morgan fingerprint density at radius 3 is 1.87 bits per heavy atom. The van der Waals surface area contributed by atoms with Crippen LogP contribution in [0.4, 0.5) is 0 Å². The van der Waals surface area contributed by atoms with Gasteiger partial charge in [0.25, 0.3) is 0 Å². The van der Waals surface area contributed by atoms with Crippen molar-refractivity contribution in [1.82, 2.24) is 0 Å². The molecule has 4 aliphatic carbocycles. The van der Waals surface area contributed by atoms with Crippen LogP contribution in [0.15, 0.2) is 0 Å². The Bertz CT molecular complexity index is 2250. The molecular formula is C56H90O28. The standard InChI is InChI=1S/C56H90O28/c1-21-6-9-56(75-19-21)22(2)37-30(84-56)11-25-23-10-27(60)26-12-29(31(76-36(64)15-53(3,73)14-35(62)63)13-55(26,5)24(23)7-8-54(25,37)4)77-50-45(72)42(69)46(34(18-59)80-50)81-52-48(83-51-44(71)41(68)39(66)32(16-57)78-51)47(40(67)33(17-58)79-52)82-49-43(70)38(65)28(61)20-74-49/h21-34,37-52,57-61,65-73H,6-20H2,1-5H3,(H,62,63)/t21-,22+,23-,24+,25+,26-,27-,28-,29-,30+,31-,32-,33-,34-,37+,38+,39-,40-,41+,42-,43-,44-,45-,46+,47+,48-,49+,50-,51+,52+,53+,54+,55-,56-/m1/s1. The molecule has 0 radical (unpaired) electrons. The lowest BCUT2D eigenvalue weighted by Gasteiger charge is -2.63. The quantitative estimate of drug-likeness (QED) is 0.0515. The number of carboxylic acids is 1. The normalized spacial score (nSPS) is 53.7. The van der Waals surface area contributed by atoms with Crippen LogP contribution in [0.1, 0.15) is 98.8 Å². The van der Waals surface area contributed by atoms with Gasteiger partial charge in [-0.15, -0.1) is 0 Å². The third-order valence-corrected chi connectivity index (χ3v) is 21.4. The Kier molecular flexibility index (Phi) is 19.3. The fourth-order valence-electron chi connectivity index (χ4n) is 17.0. The number of carbonyl (C=O) groups excluding carboxylic acids is 1. The fraction of sp³-hybridized carbons (Fsp3) is 0.964. The number of carboxylic acid groups (broad SMARTS) is 1. The van der Waals surface area contributed by atoms with Gasteiger partial charge in [-0.2, -0.15) is 0 Å². The van der Waals surface area contributed by atoms with E-state index in [0.717, 1.165) is 32.1 Å². The topological polar surface area (TPSA) is 439 Å². The molecule has 0 aromatic carbocycles. The van der Waals surface area contributed by atoms with Gasteiger partial charge in [-0.1, -0.05) is 27.7 Å². The van der Waals surface area contributed by atoms with Gasteiger partial charge >= 0.3 is 11.9 Å². The lowest BCUT2D eigenvalue weighted by molar-refractivity contribution is -0.404. The number of aliphatic hydroxyl groups excluding tert-OH is 13. The molecule has 10 fully saturated rings. The van der Waals surface area contributed by atoms with Crippen LogP contribution >= 0.6 is 0 Å². The molecule has 28 nitrogen and oxygen atoms in total. The molecule has 1 spiro atoms. The minimum absolute atomic E-state index is 0.0205. The summed E-state index contributed by atoms with van der Waals surface area (Å²) in [5, 5.41) is 164. The van der Waals surface area contributed by atoms with Crippen LogP contribution in [0, 0.1) is 52.3 Å². The van der Waals surface area contributed by atoms with Gasteiger partial charge in [-0.3, -0.25) is 9.59 Å². The first-order valence-corrected chi connectivity index (χ1v) is 29.9. The van der Waals surface area contributed by atoms with Gasteiger partial charge < -0.3 is 129 Å². The molecule has 6 saturated heterocycles. The maximum atomic E-state index is 13.9. The summed E-state index contributed by atoms with van der Waals surface area (Å²) in [7, 11) is 0. The molecule has 0 aromatic heterocycles. The second-order valence-corrected chi connectivity index (χ2v) is 26.9. The van der Waals surface area contributed by atoms with Crippen molar-refractivity contribution in [2.75, 3.05) is 33.0 Å². The van der Waals surface area contributed by atoms with E-state index in [4.69, 9.17) is 52.1 Å². The summed E-state index contributed by atoms with van der Waals surface area (Å²) in [5.41, 5.74) is -2.83. The van der Waals surface area contributed by atoms with E-state index in [9.17, 15) is 86.2 Å². The molecule has 0 unspecified atom stereocenters. The molecule has 28 heteroatoms. The first-order valence-electron chi connectivity index (χ1n) is 29.9. The van der Waals surface area contributed by atoms with E-state index >= 15 is 0 Å². The van der Waals surface area contributed by atoms with Gasteiger partial charge in [0, 0.05) is 12.3 Å². The van der Waals surface area contributed by atoms with Crippen molar-refractivity contribution < 1.29 is 138 Å². The number of carbonyl (C=O) groups is 2. The molecule has 4 saturated carbocycles. The number of aliphatic carboxylic acids is 1. The third kappa shape index (κ3) is 11.9. The van der Waals surface area contributed by atoms with Crippen LogP contribution in [0.5, 0.6) is 0 Å². The van der Waals surface area contributed by atoms with E-state index in [0.29, 0.717) is 18.9 Å². The number of rotatable bonds is 16. The van der Waals surface area contributed by atoms with Crippen LogP contribution in [0.25, 0.3) is 0 Å². The Morgan fingerprint density at radius 2 is 1.20 bits per heavy atom. The molecule has 0 aromatic rings.